The highest BCUT2D eigenvalue weighted by atomic mass is 16.5. The fourth-order valence-electron chi connectivity index (χ4n) is 3.34. The molecule has 2 aromatic rings. The summed E-state index contributed by atoms with van der Waals surface area (Å²) < 4.78 is 10.7. The van der Waals surface area contributed by atoms with Gasteiger partial charge in [-0.2, -0.15) is 4.98 Å². The van der Waals surface area contributed by atoms with Crippen LogP contribution in [0.2, 0.25) is 0 Å². The Morgan fingerprint density at radius 1 is 1.36 bits per heavy atom. The van der Waals surface area contributed by atoms with Crippen molar-refractivity contribution in [3.05, 3.63) is 35.9 Å². The van der Waals surface area contributed by atoms with Gasteiger partial charge in [-0.25, -0.2) is 0 Å². The predicted octanol–water partition coefficient (Wildman–Crippen LogP) is 2.48. The molecule has 2 atom stereocenters. The van der Waals surface area contributed by atoms with E-state index in [0.29, 0.717) is 11.7 Å². The Kier molecular flexibility index (Phi) is 3.24. The van der Waals surface area contributed by atoms with E-state index in [1.807, 2.05) is 24.0 Å². The molecule has 1 saturated carbocycles. The number of likely N-dealkylation sites (tertiary alicyclic amines) is 1. The fourth-order valence-corrected chi connectivity index (χ4v) is 3.34. The number of furan rings is 1. The molecule has 1 amide bonds. The minimum absolute atomic E-state index is 0.105. The Bertz CT molecular complexity index is 656. The van der Waals surface area contributed by atoms with Gasteiger partial charge in [0.15, 0.2) is 5.82 Å². The third-order valence-corrected chi connectivity index (χ3v) is 4.72. The third kappa shape index (κ3) is 2.42. The third-order valence-electron chi connectivity index (χ3n) is 4.72. The molecule has 1 saturated heterocycles. The normalized spacial score (nSPS) is 25.4. The zero-order chi connectivity index (χ0) is 15.1. The highest BCUT2D eigenvalue weighted by Gasteiger charge is 2.47. The number of piperidine rings is 1. The first-order chi connectivity index (χ1) is 10.7. The first-order valence-corrected chi connectivity index (χ1v) is 7.85. The zero-order valence-corrected chi connectivity index (χ0v) is 12.6. The number of carbonyl (C=O) groups excluding carboxylic acids is 1. The van der Waals surface area contributed by atoms with Gasteiger partial charge in [0.1, 0.15) is 5.76 Å². The summed E-state index contributed by atoms with van der Waals surface area (Å²) in [6.07, 6.45) is 4.37. The summed E-state index contributed by atoms with van der Waals surface area (Å²) in [5.74, 6) is 3.26. The highest BCUT2D eigenvalue weighted by molar-refractivity contribution is 5.83. The van der Waals surface area contributed by atoms with Gasteiger partial charge in [0.2, 0.25) is 11.8 Å². The Morgan fingerprint density at radius 3 is 2.82 bits per heavy atom. The van der Waals surface area contributed by atoms with Crippen LogP contribution >= 0.6 is 0 Å². The molecule has 116 valence electrons. The number of hydrogen-bond donors (Lipinski definition) is 0. The maximum atomic E-state index is 12.5. The molecular formula is C16H19N3O3. The summed E-state index contributed by atoms with van der Waals surface area (Å²) in [5, 5.41) is 3.85. The van der Waals surface area contributed by atoms with Crippen molar-refractivity contribution in [1.29, 1.82) is 0 Å². The lowest BCUT2D eigenvalue weighted by Gasteiger charge is -2.30. The summed E-state index contributed by atoms with van der Waals surface area (Å²) in [4.78, 5) is 18.8. The average Bonchev–Trinajstić information content (AvgIpc) is 2.95. The first kappa shape index (κ1) is 13.5. The lowest BCUT2D eigenvalue weighted by atomic mass is 9.96. The van der Waals surface area contributed by atoms with Gasteiger partial charge in [0, 0.05) is 30.8 Å². The topological polar surface area (TPSA) is 72.4 Å². The van der Waals surface area contributed by atoms with Gasteiger partial charge in [-0.15, -0.1) is 0 Å². The molecule has 0 bridgehead atoms. The van der Waals surface area contributed by atoms with Gasteiger partial charge >= 0.3 is 0 Å². The molecule has 4 rings (SSSR count). The summed E-state index contributed by atoms with van der Waals surface area (Å²) in [5.41, 5.74) is 0. The molecule has 1 aliphatic carbocycles. The lowest BCUT2D eigenvalue weighted by molar-refractivity contribution is -0.133. The molecule has 22 heavy (non-hydrogen) atoms. The van der Waals surface area contributed by atoms with Crippen molar-refractivity contribution in [2.75, 3.05) is 13.1 Å². The molecule has 6 heteroatoms. The summed E-state index contributed by atoms with van der Waals surface area (Å²) in [7, 11) is 0. The van der Waals surface area contributed by atoms with Gasteiger partial charge in [-0.05, 0) is 38.3 Å². The number of amides is 1. The van der Waals surface area contributed by atoms with Crippen LogP contribution in [0.15, 0.2) is 27.3 Å². The van der Waals surface area contributed by atoms with E-state index in [9.17, 15) is 4.79 Å². The molecule has 0 spiro atoms. The van der Waals surface area contributed by atoms with E-state index in [4.69, 9.17) is 8.94 Å². The van der Waals surface area contributed by atoms with Gasteiger partial charge in [0.25, 0.3) is 0 Å². The van der Waals surface area contributed by atoms with Crippen LogP contribution in [0.25, 0.3) is 0 Å². The number of hydrogen-bond acceptors (Lipinski definition) is 5. The van der Waals surface area contributed by atoms with Crippen LogP contribution in [-0.2, 0) is 4.79 Å². The second-order valence-electron chi connectivity index (χ2n) is 6.24. The zero-order valence-electron chi connectivity index (χ0n) is 12.6. The van der Waals surface area contributed by atoms with Crippen LogP contribution in [-0.4, -0.2) is 34.0 Å². The first-order valence-electron chi connectivity index (χ1n) is 7.85. The minimum atomic E-state index is 0.105. The van der Waals surface area contributed by atoms with Crippen LogP contribution in [0.4, 0.5) is 0 Å². The minimum Gasteiger partial charge on any atom is -0.469 e. The van der Waals surface area contributed by atoms with Crippen LogP contribution in [0, 0.1) is 12.8 Å². The van der Waals surface area contributed by atoms with Gasteiger partial charge in [-0.3, -0.25) is 4.79 Å². The monoisotopic (exact) mass is 301 g/mol. The van der Waals surface area contributed by atoms with Crippen LogP contribution < -0.4 is 0 Å². The average molecular weight is 301 g/mol. The molecule has 2 aliphatic rings. The Balaban J connectivity index is 1.33. The van der Waals surface area contributed by atoms with Gasteiger partial charge < -0.3 is 13.8 Å². The Hall–Kier alpha value is -2.11. The molecule has 3 heterocycles. The molecule has 1 aliphatic heterocycles. The smallest absolute Gasteiger partial charge is 0.229 e. The number of aromatic nitrogens is 2. The van der Waals surface area contributed by atoms with Crippen LogP contribution in [0.1, 0.15) is 48.6 Å². The number of carbonyl (C=O) groups is 1. The number of rotatable bonds is 3. The highest BCUT2D eigenvalue weighted by Crippen LogP contribution is 2.49. The molecule has 0 unspecified atom stereocenters. The summed E-state index contributed by atoms with van der Waals surface area (Å²) in [6, 6.07) is 3.84. The summed E-state index contributed by atoms with van der Waals surface area (Å²) >= 11 is 0. The van der Waals surface area contributed by atoms with Crippen molar-refractivity contribution in [1.82, 2.24) is 15.0 Å². The van der Waals surface area contributed by atoms with E-state index in [2.05, 4.69) is 10.1 Å². The van der Waals surface area contributed by atoms with Crippen molar-refractivity contribution in [2.24, 2.45) is 5.92 Å². The maximum Gasteiger partial charge on any atom is 0.229 e. The second-order valence-corrected chi connectivity index (χ2v) is 6.24. The molecule has 0 aromatic carbocycles. The molecule has 6 nitrogen and oxygen atoms in total. The van der Waals surface area contributed by atoms with Crippen LogP contribution in [0.3, 0.4) is 0 Å². The van der Waals surface area contributed by atoms with E-state index >= 15 is 0 Å². The largest absolute Gasteiger partial charge is 0.469 e. The predicted molar refractivity (Wildman–Crippen MR) is 77.1 cm³/mol. The second kappa shape index (κ2) is 5.26. The Morgan fingerprint density at radius 2 is 2.18 bits per heavy atom. The van der Waals surface area contributed by atoms with Crippen molar-refractivity contribution in [3.63, 3.8) is 0 Å². The van der Waals surface area contributed by atoms with Crippen LogP contribution in [0.5, 0.6) is 0 Å². The van der Waals surface area contributed by atoms with Crippen molar-refractivity contribution >= 4 is 5.91 Å². The molecular weight excluding hydrogens is 282 g/mol. The van der Waals surface area contributed by atoms with E-state index in [1.54, 1.807) is 6.26 Å². The maximum absolute atomic E-state index is 12.5. The molecule has 2 aromatic heterocycles. The van der Waals surface area contributed by atoms with E-state index in [-0.39, 0.29) is 23.7 Å². The van der Waals surface area contributed by atoms with Crippen molar-refractivity contribution < 1.29 is 13.7 Å². The van der Waals surface area contributed by atoms with Gasteiger partial charge in [0.05, 0.1) is 6.26 Å². The quantitative estimate of drug-likeness (QED) is 0.871. The van der Waals surface area contributed by atoms with E-state index in [1.165, 1.54) is 0 Å². The number of nitrogens with zero attached hydrogens (tertiary/aromatic N) is 3. The van der Waals surface area contributed by atoms with E-state index < -0.39 is 0 Å². The fraction of sp³-hybridized carbons (Fsp3) is 0.562. The SMILES string of the molecule is Cc1noc(C2CCN(C(=O)[C@@H]3C[C@@H]3c3ccco3)CC2)n1. The van der Waals surface area contributed by atoms with E-state index in [0.717, 1.165) is 38.1 Å². The Labute approximate surface area is 128 Å². The van der Waals surface area contributed by atoms with Crippen molar-refractivity contribution in [2.45, 2.75) is 38.0 Å². The summed E-state index contributed by atoms with van der Waals surface area (Å²) in [6.45, 7) is 3.37. The molecule has 0 N–H and O–H groups in total. The van der Waals surface area contributed by atoms with Crippen molar-refractivity contribution in [3.8, 4) is 0 Å². The lowest BCUT2D eigenvalue weighted by Crippen LogP contribution is -2.39. The molecule has 2 fully saturated rings. The number of aryl methyl sites for hydroxylation is 1. The van der Waals surface area contributed by atoms with Gasteiger partial charge in [-0.1, -0.05) is 5.16 Å². The molecule has 0 radical (unpaired) electrons. The standard InChI is InChI=1S/C16H19N3O3/c1-10-17-15(22-18-10)11-4-6-19(7-5-11)16(20)13-9-12(13)14-3-2-8-21-14/h2-3,8,11-13H,4-7,9H2,1H3/t12-,13+/m0/s1.